The van der Waals surface area contributed by atoms with Gasteiger partial charge in [-0.15, -0.1) is 0 Å². The number of fused-ring (bicyclic) bond motifs is 2. The summed E-state index contributed by atoms with van der Waals surface area (Å²) in [6.45, 7) is 3.28. The number of anilines is 1. The highest BCUT2D eigenvalue weighted by atomic mass is 16.5. The molecular weight excluding hydrogens is 336 g/mol. The molecule has 0 aliphatic carbocycles. The Morgan fingerprint density at radius 1 is 1.15 bits per heavy atom. The third kappa shape index (κ3) is 2.59. The van der Waals surface area contributed by atoms with Gasteiger partial charge >= 0.3 is 0 Å². The lowest BCUT2D eigenvalue weighted by Gasteiger charge is -2.51. The van der Waals surface area contributed by atoms with Gasteiger partial charge in [0.25, 0.3) is 0 Å². The molecule has 0 N–H and O–H groups in total. The van der Waals surface area contributed by atoms with E-state index in [2.05, 4.69) is 39.1 Å². The number of benzene rings is 1. The zero-order valence-electron chi connectivity index (χ0n) is 15.6. The molecule has 5 heterocycles. The Labute approximate surface area is 160 Å². The maximum absolute atomic E-state index is 9.61. The minimum absolute atomic E-state index is 0.404. The van der Waals surface area contributed by atoms with E-state index in [0.29, 0.717) is 29.5 Å². The van der Waals surface area contributed by atoms with E-state index in [1.54, 1.807) is 7.11 Å². The summed E-state index contributed by atoms with van der Waals surface area (Å²) >= 11 is 0. The average Bonchev–Trinajstić information content (AvgIpc) is 3.17. The first-order valence-corrected chi connectivity index (χ1v) is 9.80. The molecule has 4 saturated heterocycles. The topological polar surface area (TPSA) is 52.4 Å². The zero-order valence-corrected chi connectivity index (χ0v) is 15.6. The van der Waals surface area contributed by atoms with Crippen LogP contribution < -0.4 is 9.64 Å². The molecule has 0 amide bonds. The molecule has 5 nitrogen and oxygen atoms in total. The van der Waals surface area contributed by atoms with Gasteiger partial charge in [-0.25, -0.2) is 4.98 Å². The van der Waals surface area contributed by atoms with E-state index < -0.39 is 0 Å². The highest BCUT2D eigenvalue weighted by Crippen LogP contribution is 2.48. The van der Waals surface area contributed by atoms with Crippen molar-refractivity contribution in [3.63, 3.8) is 0 Å². The molecule has 1 aromatic heterocycles. The molecule has 1 aromatic carbocycles. The van der Waals surface area contributed by atoms with Gasteiger partial charge in [-0.05, 0) is 61.7 Å². The SMILES string of the molecule is COc1cccc([C@@H]2CN(c3ncccc3C#N)[C@H]3C4CCN(CC4)[C@@H]23)c1. The minimum Gasteiger partial charge on any atom is -0.497 e. The molecule has 6 rings (SSSR count). The summed E-state index contributed by atoms with van der Waals surface area (Å²) in [5.74, 6) is 2.86. The Bertz CT molecular complexity index is 884. The number of pyridine rings is 1. The Morgan fingerprint density at radius 3 is 2.78 bits per heavy atom. The number of hydrogen-bond donors (Lipinski definition) is 0. The van der Waals surface area contributed by atoms with Crippen molar-refractivity contribution < 1.29 is 4.74 Å². The molecule has 138 valence electrons. The summed E-state index contributed by atoms with van der Waals surface area (Å²) in [7, 11) is 1.72. The molecule has 2 bridgehead atoms. The van der Waals surface area contributed by atoms with Crippen LogP contribution in [0.15, 0.2) is 42.6 Å². The van der Waals surface area contributed by atoms with E-state index in [1.165, 1.54) is 31.5 Å². The van der Waals surface area contributed by atoms with Crippen LogP contribution in [0.2, 0.25) is 0 Å². The lowest BCUT2D eigenvalue weighted by atomic mass is 9.75. The maximum Gasteiger partial charge on any atom is 0.146 e. The number of hydrogen-bond acceptors (Lipinski definition) is 5. The van der Waals surface area contributed by atoms with Crippen LogP contribution in [0.25, 0.3) is 0 Å². The minimum atomic E-state index is 0.404. The predicted octanol–water partition coefficient (Wildman–Crippen LogP) is 3.03. The number of methoxy groups -OCH3 is 1. The van der Waals surface area contributed by atoms with Crippen LogP contribution in [-0.2, 0) is 0 Å². The van der Waals surface area contributed by atoms with Crippen LogP contribution in [0, 0.1) is 17.2 Å². The van der Waals surface area contributed by atoms with Crippen molar-refractivity contribution in [3.05, 3.63) is 53.7 Å². The fourth-order valence-corrected chi connectivity index (χ4v) is 5.54. The van der Waals surface area contributed by atoms with Gasteiger partial charge in [0.2, 0.25) is 0 Å². The number of ether oxygens (including phenoxy) is 1. The number of rotatable bonds is 3. The first kappa shape index (κ1) is 16.6. The molecule has 0 radical (unpaired) electrons. The fraction of sp³-hybridized carbons (Fsp3) is 0.455. The Hall–Kier alpha value is -2.58. The third-order valence-electron chi connectivity index (χ3n) is 6.70. The predicted molar refractivity (Wildman–Crippen MR) is 104 cm³/mol. The molecule has 4 aliphatic heterocycles. The standard InChI is InChI=1S/C22H24N4O/c1-27-18-6-2-4-16(12-18)19-14-26(22-17(13-23)5-3-9-24-22)20-15-7-10-25(11-8-15)21(19)20/h2-6,9,12,15,19-21H,7-8,10-11,14H2,1H3/t19-,20-,21-/m0/s1. The number of nitriles is 1. The van der Waals surface area contributed by atoms with E-state index in [1.807, 2.05) is 24.4 Å². The van der Waals surface area contributed by atoms with Crippen LogP contribution in [-0.4, -0.2) is 48.7 Å². The van der Waals surface area contributed by atoms with Crippen molar-refractivity contribution in [2.45, 2.75) is 30.8 Å². The molecule has 27 heavy (non-hydrogen) atoms. The van der Waals surface area contributed by atoms with Crippen molar-refractivity contribution in [1.29, 1.82) is 5.26 Å². The Morgan fingerprint density at radius 2 is 2.00 bits per heavy atom. The molecule has 0 spiro atoms. The third-order valence-corrected chi connectivity index (χ3v) is 6.70. The molecule has 3 atom stereocenters. The van der Waals surface area contributed by atoms with Gasteiger partial charge in [0.15, 0.2) is 0 Å². The first-order chi connectivity index (χ1) is 13.3. The number of nitrogens with zero attached hydrogens (tertiary/aromatic N) is 4. The van der Waals surface area contributed by atoms with Crippen LogP contribution in [0.4, 0.5) is 5.82 Å². The van der Waals surface area contributed by atoms with E-state index >= 15 is 0 Å². The van der Waals surface area contributed by atoms with E-state index in [9.17, 15) is 5.26 Å². The summed E-state index contributed by atoms with van der Waals surface area (Å²) in [6, 6.07) is 15.5. The molecule has 4 fully saturated rings. The Kier molecular flexibility index (Phi) is 4.02. The second-order valence-electron chi connectivity index (χ2n) is 7.88. The average molecular weight is 360 g/mol. The lowest BCUT2D eigenvalue weighted by molar-refractivity contribution is 0.0354. The molecule has 5 heteroatoms. The van der Waals surface area contributed by atoms with Crippen LogP contribution in [0.3, 0.4) is 0 Å². The van der Waals surface area contributed by atoms with Crippen molar-refractivity contribution >= 4 is 5.82 Å². The van der Waals surface area contributed by atoms with Gasteiger partial charge < -0.3 is 9.64 Å². The van der Waals surface area contributed by atoms with Crippen LogP contribution in [0.1, 0.15) is 29.9 Å². The highest BCUT2D eigenvalue weighted by Gasteiger charge is 2.54. The number of piperidine rings is 3. The quantitative estimate of drug-likeness (QED) is 0.842. The van der Waals surface area contributed by atoms with Crippen molar-refractivity contribution in [2.24, 2.45) is 5.92 Å². The van der Waals surface area contributed by atoms with E-state index in [-0.39, 0.29) is 0 Å². The van der Waals surface area contributed by atoms with Gasteiger partial charge in [0, 0.05) is 30.7 Å². The maximum atomic E-state index is 9.61. The first-order valence-electron chi connectivity index (χ1n) is 9.80. The van der Waals surface area contributed by atoms with Crippen molar-refractivity contribution in [2.75, 3.05) is 31.6 Å². The van der Waals surface area contributed by atoms with Crippen LogP contribution >= 0.6 is 0 Å². The molecular formula is C22H24N4O. The summed E-state index contributed by atoms with van der Waals surface area (Å²) in [5.41, 5.74) is 2.01. The summed E-state index contributed by atoms with van der Waals surface area (Å²) < 4.78 is 5.48. The molecule has 2 aromatic rings. The second-order valence-corrected chi connectivity index (χ2v) is 7.88. The smallest absolute Gasteiger partial charge is 0.146 e. The summed E-state index contributed by atoms with van der Waals surface area (Å²) in [5, 5.41) is 9.61. The summed E-state index contributed by atoms with van der Waals surface area (Å²) in [4.78, 5) is 9.73. The fourth-order valence-electron chi connectivity index (χ4n) is 5.54. The summed E-state index contributed by atoms with van der Waals surface area (Å²) in [6.07, 6.45) is 4.31. The van der Waals surface area contributed by atoms with Gasteiger partial charge in [-0.1, -0.05) is 12.1 Å². The van der Waals surface area contributed by atoms with Gasteiger partial charge in [-0.3, -0.25) is 4.90 Å². The van der Waals surface area contributed by atoms with Gasteiger partial charge in [0.1, 0.15) is 17.6 Å². The molecule has 0 unspecified atom stereocenters. The molecule has 0 saturated carbocycles. The van der Waals surface area contributed by atoms with Gasteiger partial charge in [-0.2, -0.15) is 5.26 Å². The van der Waals surface area contributed by atoms with Gasteiger partial charge in [0.05, 0.1) is 12.7 Å². The molecule has 4 aliphatic rings. The monoisotopic (exact) mass is 360 g/mol. The number of aromatic nitrogens is 1. The second kappa shape index (κ2) is 6.54. The van der Waals surface area contributed by atoms with Crippen molar-refractivity contribution in [3.8, 4) is 11.8 Å². The van der Waals surface area contributed by atoms with Crippen LogP contribution in [0.5, 0.6) is 5.75 Å². The normalized spacial score (nSPS) is 31.4. The lowest BCUT2D eigenvalue weighted by Crippen LogP contribution is -2.60. The Balaban J connectivity index is 1.59. The van der Waals surface area contributed by atoms with Crippen molar-refractivity contribution in [1.82, 2.24) is 9.88 Å². The highest BCUT2D eigenvalue weighted by molar-refractivity contribution is 5.57. The largest absolute Gasteiger partial charge is 0.497 e. The zero-order chi connectivity index (χ0) is 18.4. The van der Waals surface area contributed by atoms with E-state index in [0.717, 1.165) is 18.1 Å². The van der Waals surface area contributed by atoms with E-state index in [4.69, 9.17) is 4.74 Å².